The zero-order valence-corrected chi connectivity index (χ0v) is 42.2. The van der Waals surface area contributed by atoms with Crippen LogP contribution in [-0.2, 0) is 25.7 Å². The molecule has 0 saturated heterocycles. The number of carboxylic acid groups (broad SMARTS) is 1. The van der Waals surface area contributed by atoms with Gasteiger partial charge in [0.15, 0.2) is 0 Å². The van der Waals surface area contributed by atoms with Gasteiger partial charge in [0.2, 0.25) is 12.1 Å². The molecule has 5 aromatic carbocycles. The number of carboxylic acids is 1. The van der Waals surface area contributed by atoms with Crippen LogP contribution in [0.2, 0.25) is 0 Å². The highest BCUT2D eigenvalue weighted by atomic mass is 16.6. The van der Waals surface area contributed by atoms with Crippen molar-refractivity contribution in [2.45, 2.75) is 121 Å². The van der Waals surface area contributed by atoms with E-state index in [-0.39, 0.29) is 12.2 Å². The Morgan fingerprint density at radius 2 is 1.38 bits per heavy atom. The summed E-state index contributed by atoms with van der Waals surface area (Å²) in [4.78, 5) is 71.7. The summed E-state index contributed by atoms with van der Waals surface area (Å²) < 4.78 is 17.7. The van der Waals surface area contributed by atoms with Crippen molar-refractivity contribution >= 4 is 41.5 Å². The second kappa shape index (κ2) is 25.8. The van der Waals surface area contributed by atoms with Crippen LogP contribution in [0.15, 0.2) is 127 Å². The summed E-state index contributed by atoms with van der Waals surface area (Å²) in [5, 5.41) is 19.2. The molecule has 1 fully saturated rings. The van der Waals surface area contributed by atoms with E-state index in [9.17, 15) is 29.1 Å². The number of nitrogens with zero attached hydrogens (tertiary/aromatic N) is 2. The van der Waals surface area contributed by atoms with Crippen molar-refractivity contribution < 1.29 is 43.3 Å². The van der Waals surface area contributed by atoms with Crippen LogP contribution in [0.1, 0.15) is 119 Å². The van der Waals surface area contributed by atoms with Gasteiger partial charge in [-0.25, -0.2) is 19.2 Å². The molecular weight excluding hydrogens is 925 g/mol. The first-order valence-electron chi connectivity index (χ1n) is 25.6. The first kappa shape index (κ1) is 53.4. The highest BCUT2D eigenvalue weighted by Crippen LogP contribution is 2.48. The zero-order valence-electron chi connectivity index (χ0n) is 42.2. The third kappa shape index (κ3) is 15.1. The number of hydrogen-bond acceptors (Lipinski definition) is 9. The number of amides is 5. The maximum atomic E-state index is 14.9. The predicted molar refractivity (Wildman–Crippen MR) is 282 cm³/mol. The maximum absolute atomic E-state index is 14.9. The van der Waals surface area contributed by atoms with Crippen molar-refractivity contribution in [2.75, 3.05) is 36.4 Å². The molecule has 5 amide bonds. The predicted octanol–water partition coefficient (Wildman–Crippen LogP) is 10.9. The lowest BCUT2D eigenvalue weighted by Gasteiger charge is -2.33. The van der Waals surface area contributed by atoms with Crippen LogP contribution in [-0.4, -0.2) is 84.2 Å². The molecule has 2 unspecified atom stereocenters. The second-order valence-electron chi connectivity index (χ2n) is 19.7. The topological polar surface area (TPSA) is 202 Å². The highest BCUT2D eigenvalue weighted by molar-refractivity contribution is 6.03. The van der Waals surface area contributed by atoms with E-state index < -0.39 is 60.4 Å². The number of nitrogens with one attached hydrogen (secondary N) is 3. The Kier molecular flexibility index (Phi) is 18.9. The van der Waals surface area contributed by atoms with Gasteiger partial charge in [0.1, 0.15) is 30.6 Å². The van der Waals surface area contributed by atoms with Gasteiger partial charge in [-0.15, -0.1) is 0 Å². The molecule has 6 N–H and O–H groups in total. The van der Waals surface area contributed by atoms with Crippen molar-refractivity contribution in [2.24, 2.45) is 5.73 Å². The summed E-state index contributed by atoms with van der Waals surface area (Å²) in [6.07, 6.45) is 3.62. The Bertz CT molecular complexity index is 2570. The first-order chi connectivity index (χ1) is 35.3. The van der Waals surface area contributed by atoms with Gasteiger partial charge in [0.25, 0.3) is 0 Å². The fourth-order valence-corrected chi connectivity index (χ4v) is 9.68. The third-order valence-corrected chi connectivity index (χ3v) is 13.2. The van der Waals surface area contributed by atoms with Gasteiger partial charge in [-0.1, -0.05) is 110 Å². The molecule has 2 aliphatic rings. The van der Waals surface area contributed by atoms with Crippen LogP contribution in [0, 0.1) is 0 Å². The summed E-state index contributed by atoms with van der Waals surface area (Å²) in [5.74, 6) is -1.74. The molecule has 0 spiro atoms. The lowest BCUT2D eigenvalue weighted by Crippen LogP contribution is -2.58. The Morgan fingerprint density at radius 3 is 2.01 bits per heavy atom. The van der Waals surface area contributed by atoms with E-state index in [0.29, 0.717) is 69.2 Å². The average molecular weight is 995 g/mol. The number of carbonyl (C=O) groups is 5. The second-order valence-corrected chi connectivity index (χ2v) is 19.7. The number of unbranched alkanes of at least 4 members (excludes halogenated alkanes) is 2. The molecule has 0 aromatic heterocycles. The van der Waals surface area contributed by atoms with E-state index in [1.165, 1.54) is 11.3 Å². The summed E-state index contributed by atoms with van der Waals surface area (Å²) in [6, 6.07) is 39.1. The van der Waals surface area contributed by atoms with Gasteiger partial charge >= 0.3 is 24.2 Å². The number of aliphatic carboxylic acids is 1. The number of benzene rings is 5. The van der Waals surface area contributed by atoms with E-state index in [2.05, 4.69) is 16.0 Å². The maximum Gasteiger partial charge on any atom is 0.409 e. The van der Waals surface area contributed by atoms with Gasteiger partial charge in [-0.05, 0) is 148 Å². The molecule has 386 valence electrons. The normalized spacial score (nSPS) is 14.1. The summed E-state index contributed by atoms with van der Waals surface area (Å²) in [7, 11) is 0. The summed E-state index contributed by atoms with van der Waals surface area (Å²) in [6.45, 7) is 6.03. The Labute approximate surface area is 428 Å². The van der Waals surface area contributed by atoms with Crippen molar-refractivity contribution in [1.29, 1.82) is 0 Å². The number of anilines is 2. The SMILES string of the molecule is CC(C)(C)OC(=O)NCCCCC(OC(=O)NC(C(=O)O)N(C(=O)CN(CCCCN)C(=O)Nc1ccc(OCc2ccccc2)cc1)c1ccc(C2CCCCC2)cc1)C1c2ccccc2-c2ccccc21. The van der Waals surface area contributed by atoms with Crippen molar-refractivity contribution in [1.82, 2.24) is 15.5 Å². The van der Waals surface area contributed by atoms with E-state index in [0.717, 1.165) is 64.0 Å². The molecule has 2 aliphatic carbocycles. The fourth-order valence-electron chi connectivity index (χ4n) is 9.68. The molecule has 1 saturated carbocycles. The van der Waals surface area contributed by atoms with Crippen LogP contribution < -0.4 is 31.3 Å². The molecule has 0 aliphatic heterocycles. The molecule has 0 radical (unpaired) electrons. The molecule has 2 atom stereocenters. The molecule has 0 heterocycles. The standard InChI is InChI=1S/C58H70N6O9/c1-58(2,3)73-56(69)60-36-16-14-26-50(52-48-24-12-10-22-46(48)47-23-11-13-25-49(47)52)72-57(70)62-53(54(66)67)64(44-31-27-42(28-32-44)41-20-8-5-9-21-41)51(65)38-63(37-17-15-35-59)55(68)61-43-29-33-45(34-30-43)71-39-40-18-6-4-7-19-40/h4,6-7,10-13,18-19,22-25,27-34,41,50,52-53H,5,8-9,14-17,20-21,26,35-39,59H2,1-3H3,(H,60,69)(H,61,68)(H,62,70)(H,66,67). The molecule has 7 rings (SSSR count). The molecule has 0 bridgehead atoms. The minimum Gasteiger partial charge on any atom is -0.489 e. The van der Waals surface area contributed by atoms with Crippen LogP contribution in [0.3, 0.4) is 0 Å². The van der Waals surface area contributed by atoms with Crippen molar-refractivity contribution in [3.05, 3.63) is 150 Å². The number of hydrogen-bond donors (Lipinski definition) is 5. The number of urea groups is 1. The minimum absolute atomic E-state index is 0.133. The third-order valence-electron chi connectivity index (χ3n) is 13.2. The number of fused-ring (bicyclic) bond motifs is 3. The Balaban J connectivity index is 1.13. The Morgan fingerprint density at radius 1 is 0.740 bits per heavy atom. The summed E-state index contributed by atoms with van der Waals surface area (Å²) in [5.41, 5.74) is 11.9. The van der Waals surface area contributed by atoms with E-state index in [1.54, 1.807) is 57.2 Å². The van der Waals surface area contributed by atoms with E-state index in [1.807, 2.05) is 91.0 Å². The Hall–Kier alpha value is -7.39. The molecule has 15 nitrogen and oxygen atoms in total. The zero-order chi connectivity index (χ0) is 51.7. The largest absolute Gasteiger partial charge is 0.489 e. The van der Waals surface area contributed by atoms with Crippen LogP contribution in [0.5, 0.6) is 5.75 Å². The van der Waals surface area contributed by atoms with Crippen molar-refractivity contribution in [3.8, 4) is 16.9 Å². The van der Waals surface area contributed by atoms with Gasteiger partial charge in [0, 0.05) is 30.4 Å². The molecule has 15 heteroatoms. The fraction of sp³-hybridized carbons (Fsp3) is 0.397. The number of carbonyl (C=O) groups excluding carboxylic acids is 4. The highest BCUT2D eigenvalue weighted by Gasteiger charge is 2.39. The van der Waals surface area contributed by atoms with Gasteiger partial charge in [-0.2, -0.15) is 0 Å². The van der Waals surface area contributed by atoms with Gasteiger partial charge < -0.3 is 40.6 Å². The van der Waals surface area contributed by atoms with E-state index >= 15 is 0 Å². The smallest absolute Gasteiger partial charge is 0.409 e. The number of ether oxygens (including phenoxy) is 3. The van der Waals surface area contributed by atoms with Gasteiger partial charge in [-0.3, -0.25) is 15.0 Å². The molecule has 73 heavy (non-hydrogen) atoms. The van der Waals surface area contributed by atoms with Crippen LogP contribution in [0.4, 0.5) is 25.8 Å². The average Bonchev–Trinajstić information content (AvgIpc) is 3.72. The molecule has 5 aromatic rings. The minimum atomic E-state index is -1.94. The van der Waals surface area contributed by atoms with Crippen LogP contribution >= 0.6 is 0 Å². The van der Waals surface area contributed by atoms with E-state index in [4.69, 9.17) is 19.9 Å². The lowest BCUT2D eigenvalue weighted by molar-refractivity contribution is -0.141. The van der Waals surface area contributed by atoms with Crippen LogP contribution in [0.25, 0.3) is 11.1 Å². The number of alkyl carbamates (subject to hydrolysis) is 2. The summed E-state index contributed by atoms with van der Waals surface area (Å²) >= 11 is 0. The lowest BCUT2D eigenvalue weighted by atomic mass is 9.84. The monoisotopic (exact) mass is 995 g/mol. The molecular formula is C58H70N6O9. The van der Waals surface area contributed by atoms with Gasteiger partial charge in [0.05, 0.1) is 0 Å². The van der Waals surface area contributed by atoms with Crippen molar-refractivity contribution in [3.63, 3.8) is 0 Å². The number of nitrogens with two attached hydrogens (primary N) is 1. The quantitative estimate of drug-likeness (QED) is 0.0328. The number of rotatable bonds is 22. The first-order valence-corrected chi connectivity index (χ1v) is 25.6.